The van der Waals surface area contributed by atoms with Gasteiger partial charge in [0.05, 0.1) is 4.90 Å². The Labute approximate surface area is 166 Å². The monoisotopic (exact) mass is 395 g/mol. The number of fused-ring (bicyclic) bond motifs is 1. The Morgan fingerprint density at radius 2 is 2.00 bits per heavy atom. The van der Waals surface area contributed by atoms with Crippen molar-refractivity contribution in [3.63, 3.8) is 0 Å². The lowest BCUT2D eigenvalue weighted by atomic mass is 9.99. The van der Waals surface area contributed by atoms with E-state index in [0.717, 1.165) is 28.6 Å². The molecule has 1 aromatic carbocycles. The summed E-state index contributed by atoms with van der Waals surface area (Å²) in [6.45, 7) is 5.16. The molecule has 3 heterocycles. The molecule has 146 valence electrons. The molecular weight excluding hydrogens is 370 g/mol. The molecule has 5 nitrogen and oxygen atoms in total. The molecule has 1 atom stereocenters. The Hall–Kier alpha value is -2.44. The summed E-state index contributed by atoms with van der Waals surface area (Å²) in [5, 5.41) is 1.07. The van der Waals surface area contributed by atoms with Crippen LogP contribution in [0.2, 0.25) is 0 Å². The normalized spacial score (nSPS) is 16.9. The van der Waals surface area contributed by atoms with Gasteiger partial charge in [-0.1, -0.05) is 32.1 Å². The van der Waals surface area contributed by atoms with E-state index in [-0.39, 0.29) is 0 Å². The lowest BCUT2D eigenvalue weighted by Gasteiger charge is -2.26. The van der Waals surface area contributed by atoms with E-state index in [1.54, 1.807) is 22.6 Å². The van der Waals surface area contributed by atoms with Gasteiger partial charge >= 0.3 is 0 Å². The molecule has 0 fully saturated rings. The Morgan fingerprint density at radius 3 is 2.68 bits per heavy atom. The number of aromatic nitrogens is 2. The SMILES string of the molecule is CC[C@@H](C)c1ccc(S(=O)(=O)N2CC=C(c3c[nH]c4ncccc34)CC2)cc1. The minimum absolute atomic E-state index is 0.368. The van der Waals surface area contributed by atoms with Crippen LogP contribution in [0.25, 0.3) is 16.6 Å². The standard InChI is InChI=1S/C22H25N3O2S/c1-3-16(2)17-6-8-19(9-7-17)28(26,27)25-13-10-18(11-14-25)21-15-24-22-20(21)5-4-12-23-22/h4-10,12,15-16H,3,11,13-14H2,1-2H3,(H,23,24)/t16-/m1/s1. The number of H-pyrrole nitrogens is 1. The highest BCUT2D eigenvalue weighted by Gasteiger charge is 2.27. The van der Waals surface area contributed by atoms with Gasteiger partial charge in [-0.05, 0) is 54.2 Å². The summed E-state index contributed by atoms with van der Waals surface area (Å²) in [6.07, 6.45) is 7.46. The van der Waals surface area contributed by atoms with Crippen LogP contribution in [0.15, 0.2) is 59.8 Å². The third kappa shape index (κ3) is 3.38. The number of benzene rings is 1. The summed E-state index contributed by atoms with van der Waals surface area (Å²) in [4.78, 5) is 7.88. The van der Waals surface area contributed by atoms with E-state index in [1.807, 2.05) is 36.5 Å². The zero-order chi connectivity index (χ0) is 19.7. The molecule has 0 radical (unpaired) electrons. The van der Waals surface area contributed by atoms with Gasteiger partial charge in [0.1, 0.15) is 5.65 Å². The first-order chi connectivity index (χ1) is 13.5. The second-order valence-electron chi connectivity index (χ2n) is 7.32. The second-order valence-corrected chi connectivity index (χ2v) is 9.26. The first-order valence-corrected chi connectivity index (χ1v) is 11.2. The summed E-state index contributed by atoms with van der Waals surface area (Å²) in [5.74, 6) is 0.433. The molecule has 0 spiro atoms. The fourth-order valence-electron chi connectivity index (χ4n) is 3.69. The zero-order valence-corrected chi connectivity index (χ0v) is 17.0. The van der Waals surface area contributed by atoms with Crippen molar-refractivity contribution in [2.45, 2.75) is 37.5 Å². The third-order valence-electron chi connectivity index (χ3n) is 5.67. The van der Waals surface area contributed by atoms with Gasteiger partial charge in [0.15, 0.2) is 0 Å². The van der Waals surface area contributed by atoms with Crippen LogP contribution in [0.3, 0.4) is 0 Å². The van der Waals surface area contributed by atoms with Crippen LogP contribution in [0, 0.1) is 0 Å². The highest BCUT2D eigenvalue weighted by Crippen LogP contribution is 2.30. The summed E-state index contributed by atoms with van der Waals surface area (Å²) in [5.41, 5.74) is 4.31. The van der Waals surface area contributed by atoms with Crippen LogP contribution in [0.5, 0.6) is 0 Å². The lowest BCUT2D eigenvalue weighted by Crippen LogP contribution is -2.34. The number of aromatic amines is 1. The number of hydrogen-bond donors (Lipinski definition) is 1. The largest absolute Gasteiger partial charge is 0.346 e. The van der Waals surface area contributed by atoms with Crippen molar-refractivity contribution in [1.29, 1.82) is 0 Å². The Balaban J connectivity index is 1.55. The van der Waals surface area contributed by atoms with Crippen molar-refractivity contribution in [2.75, 3.05) is 13.1 Å². The second kappa shape index (κ2) is 7.53. The molecule has 0 bridgehead atoms. The third-order valence-corrected chi connectivity index (χ3v) is 7.55. The number of rotatable bonds is 5. The van der Waals surface area contributed by atoms with Gasteiger partial charge in [0, 0.05) is 36.4 Å². The molecule has 4 rings (SSSR count). The van der Waals surface area contributed by atoms with Gasteiger partial charge in [0.2, 0.25) is 10.0 Å². The van der Waals surface area contributed by atoms with Crippen molar-refractivity contribution in [3.8, 4) is 0 Å². The lowest BCUT2D eigenvalue weighted by molar-refractivity contribution is 0.441. The van der Waals surface area contributed by atoms with Crippen molar-refractivity contribution in [2.24, 2.45) is 0 Å². The average molecular weight is 396 g/mol. The fourth-order valence-corrected chi connectivity index (χ4v) is 5.07. The van der Waals surface area contributed by atoms with Gasteiger partial charge in [-0.2, -0.15) is 4.31 Å². The Bertz CT molecular complexity index is 1110. The highest BCUT2D eigenvalue weighted by molar-refractivity contribution is 7.89. The topological polar surface area (TPSA) is 66.1 Å². The molecule has 1 aliphatic heterocycles. The predicted molar refractivity (Wildman–Crippen MR) is 113 cm³/mol. The minimum Gasteiger partial charge on any atom is -0.346 e. The number of sulfonamides is 1. The molecule has 1 aliphatic rings. The first kappa shape index (κ1) is 18.9. The summed E-state index contributed by atoms with van der Waals surface area (Å²) in [7, 11) is -3.48. The van der Waals surface area contributed by atoms with Crippen LogP contribution in [0.4, 0.5) is 0 Å². The number of nitrogens with zero attached hydrogens (tertiary/aromatic N) is 2. The van der Waals surface area contributed by atoms with E-state index in [0.29, 0.717) is 30.3 Å². The van der Waals surface area contributed by atoms with Crippen molar-refractivity contribution >= 4 is 26.6 Å². The van der Waals surface area contributed by atoms with E-state index in [1.165, 1.54) is 5.56 Å². The summed E-state index contributed by atoms with van der Waals surface area (Å²) < 4.78 is 27.6. The maximum atomic E-state index is 13.0. The van der Waals surface area contributed by atoms with Crippen LogP contribution in [-0.4, -0.2) is 35.8 Å². The molecule has 0 saturated heterocycles. The van der Waals surface area contributed by atoms with Crippen LogP contribution in [0.1, 0.15) is 43.7 Å². The van der Waals surface area contributed by atoms with Gasteiger partial charge in [-0.3, -0.25) is 0 Å². The van der Waals surface area contributed by atoms with Gasteiger partial charge in [-0.15, -0.1) is 0 Å². The van der Waals surface area contributed by atoms with Gasteiger partial charge in [0.25, 0.3) is 0 Å². The number of hydrogen-bond acceptors (Lipinski definition) is 3. The smallest absolute Gasteiger partial charge is 0.243 e. The maximum absolute atomic E-state index is 13.0. The molecule has 1 N–H and O–H groups in total. The molecule has 3 aromatic rings. The highest BCUT2D eigenvalue weighted by atomic mass is 32.2. The molecular formula is C22H25N3O2S. The first-order valence-electron chi connectivity index (χ1n) is 9.72. The number of nitrogens with one attached hydrogen (secondary N) is 1. The summed E-state index contributed by atoms with van der Waals surface area (Å²) in [6, 6.07) is 11.3. The van der Waals surface area contributed by atoms with Crippen LogP contribution < -0.4 is 0 Å². The fraction of sp³-hybridized carbons (Fsp3) is 0.318. The van der Waals surface area contributed by atoms with Crippen molar-refractivity contribution in [1.82, 2.24) is 14.3 Å². The molecule has 6 heteroatoms. The van der Waals surface area contributed by atoms with E-state index in [9.17, 15) is 8.42 Å². The molecule has 0 amide bonds. The molecule has 0 unspecified atom stereocenters. The van der Waals surface area contributed by atoms with E-state index < -0.39 is 10.0 Å². The molecule has 0 saturated carbocycles. The summed E-state index contributed by atoms with van der Waals surface area (Å²) >= 11 is 0. The number of pyridine rings is 1. The molecule has 2 aromatic heterocycles. The van der Waals surface area contributed by atoms with E-state index in [2.05, 4.69) is 23.8 Å². The Kier molecular flexibility index (Phi) is 5.08. The van der Waals surface area contributed by atoms with Crippen molar-refractivity contribution in [3.05, 3.63) is 66.0 Å². The van der Waals surface area contributed by atoms with Crippen molar-refractivity contribution < 1.29 is 8.42 Å². The Morgan fingerprint density at radius 1 is 1.21 bits per heavy atom. The van der Waals surface area contributed by atoms with E-state index in [4.69, 9.17) is 0 Å². The molecule has 0 aliphatic carbocycles. The quantitative estimate of drug-likeness (QED) is 0.689. The van der Waals surface area contributed by atoms with Gasteiger partial charge < -0.3 is 4.98 Å². The minimum atomic E-state index is -3.48. The predicted octanol–water partition coefficient (Wildman–Crippen LogP) is 4.55. The molecule has 28 heavy (non-hydrogen) atoms. The van der Waals surface area contributed by atoms with Gasteiger partial charge in [-0.25, -0.2) is 13.4 Å². The average Bonchev–Trinajstić information content (AvgIpc) is 3.17. The zero-order valence-electron chi connectivity index (χ0n) is 16.2. The van der Waals surface area contributed by atoms with Crippen LogP contribution in [-0.2, 0) is 10.0 Å². The maximum Gasteiger partial charge on any atom is 0.243 e. The van der Waals surface area contributed by atoms with Crippen LogP contribution >= 0.6 is 0 Å². The van der Waals surface area contributed by atoms with E-state index >= 15 is 0 Å².